The quantitative estimate of drug-likeness (QED) is 0.481. The number of hydrogen-bond donors (Lipinski definition) is 3. The Morgan fingerprint density at radius 1 is 1.11 bits per heavy atom. The van der Waals surface area contributed by atoms with Crippen molar-refractivity contribution >= 4 is 17.4 Å². The first-order valence-corrected chi connectivity index (χ1v) is 11.6. The summed E-state index contributed by atoms with van der Waals surface area (Å²) in [5.74, 6) is 0. The zero-order chi connectivity index (χ0) is 25.9. The van der Waals surface area contributed by atoms with Crippen LogP contribution in [0.3, 0.4) is 0 Å². The van der Waals surface area contributed by atoms with Crippen molar-refractivity contribution in [2.45, 2.75) is 25.7 Å². The Bertz CT molecular complexity index is 1220. The summed E-state index contributed by atoms with van der Waals surface area (Å²) in [5, 5.41) is 22.0. The van der Waals surface area contributed by atoms with Gasteiger partial charge in [0.05, 0.1) is 23.6 Å². The molecule has 10 heteroatoms. The van der Waals surface area contributed by atoms with E-state index in [9.17, 15) is 28.2 Å². The molecule has 0 bridgehead atoms. The lowest BCUT2D eigenvalue weighted by molar-refractivity contribution is -0.137. The van der Waals surface area contributed by atoms with Crippen LogP contribution in [0, 0.1) is 0 Å². The summed E-state index contributed by atoms with van der Waals surface area (Å²) in [4.78, 5) is 20.7. The maximum absolute atomic E-state index is 13.1. The second-order valence-electron chi connectivity index (χ2n) is 8.44. The highest BCUT2D eigenvalue weighted by Gasteiger charge is 2.31. The van der Waals surface area contributed by atoms with Crippen LogP contribution in [-0.4, -0.2) is 52.4 Å². The SMILES string of the molecule is CCNC(=O)N1CCN(c2ccc(C(F)(F)F)cc2)c2ccc(-c3cccc([C@H](O)CO)n3)cc2C1. The van der Waals surface area contributed by atoms with Crippen LogP contribution in [0.1, 0.15) is 29.8 Å². The minimum absolute atomic E-state index is 0.227. The van der Waals surface area contributed by atoms with Crippen molar-refractivity contribution in [1.82, 2.24) is 15.2 Å². The molecule has 190 valence electrons. The summed E-state index contributed by atoms with van der Waals surface area (Å²) in [6.45, 7) is 2.90. The number of hydrogen-bond acceptors (Lipinski definition) is 5. The van der Waals surface area contributed by atoms with Gasteiger partial charge in [-0.25, -0.2) is 9.78 Å². The Labute approximate surface area is 206 Å². The molecule has 0 saturated carbocycles. The molecule has 2 aromatic carbocycles. The molecule has 1 aliphatic heterocycles. The Morgan fingerprint density at radius 2 is 1.86 bits per heavy atom. The standard InChI is InChI=1S/C26H27F3N4O3/c1-2-30-25(36)32-12-13-33(20-9-7-19(8-10-20)26(27,28)29)23-11-6-17(14-18(23)15-32)21-4-3-5-22(31-21)24(35)16-34/h3-11,14,24,34-35H,2,12-13,15-16H2,1H3,(H,30,36)/t24-/m1/s1. The van der Waals surface area contributed by atoms with Crippen molar-refractivity contribution in [2.24, 2.45) is 0 Å². The first kappa shape index (κ1) is 25.5. The molecule has 0 unspecified atom stereocenters. The Hall–Kier alpha value is -3.63. The molecule has 2 heterocycles. The van der Waals surface area contributed by atoms with Crippen molar-refractivity contribution in [3.05, 3.63) is 77.5 Å². The molecule has 0 saturated heterocycles. The molecular formula is C26H27F3N4O3. The molecule has 7 nitrogen and oxygen atoms in total. The topological polar surface area (TPSA) is 88.9 Å². The number of pyridine rings is 1. The van der Waals surface area contributed by atoms with Crippen molar-refractivity contribution in [3.8, 4) is 11.3 Å². The lowest BCUT2D eigenvalue weighted by Crippen LogP contribution is -2.41. The van der Waals surface area contributed by atoms with E-state index in [1.165, 1.54) is 12.1 Å². The van der Waals surface area contributed by atoms with Crippen molar-refractivity contribution in [3.63, 3.8) is 0 Å². The molecule has 1 aliphatic rings. The zero-order valence-corrected chi connectivity index (χ0v) is 19.7. The van der Waals surface area contributed by atoms with Crippen LogP contribution in [0.25, 0.3) is 11.3 Å². The van der Waals surface area contributed by atoms with E-state index in [-0.39, 0.29) is 6.03 Å². The van der Waals surface area contributed by atoms with Gasteiger partial charge in [0.2, 0.25) is 0 Å². The predicted octanol–water partition coefficient (Wildman–Crippen LogP) is 4.48. The molecule has 0 aliphatic carbocycles. The minimum atomic E-state index is -4.43. The maximum Gasteiger partial charge on any atom is 0.416 e. The number of anilines is 2. The number of urea groups is 1. The highest BCUT2D eigenvalue weighted by atomic mass is 19.4. The number of alkyl halides is 3. The Balaban J connectivity index is 1.75. The zero-order valence-electron chi connectivity index (χ0n) is 19.7. The molecule has 0 radical (unpaired) electrons. The van der Waals surface area contributed by atoms with Crippen LogP contribution in [0.2, 0.25) is 0 Å². The van der Waals surface area contributed by atoms with E-state index in [4.69, 9.17) is 0 Å². The van der Waals surface area contributed by atoms with E-state index in [1.807, 2.05) is 30.0 Å². The van der Waals surface area contributed by atoms with Crippen LogP contribution in [-0.2, 0) is 12.7 Å². The number of aliphatic hydroxyl groups is 2. The fraction of sp³-hybridized carbons (Fsp3) is 0.308. The first-order valence-electron chi connectivity index (χ1n) is 11.6. The molecule has 1 aromatic heterocycles. The number of nitrogens with zero attached hydrogens (tertiary/aromatic N) is 3. The first-order chi connectivity index (χ1) is 17.2. The number of nitrogens with one attached hydrogen (secondary N) is 1. The van der Waals surface area contributed by atoms with Crippen molar-refractivity contribution in [1.29, 1.82) is 0 Å². The van der Waals surface area contributed by atoms with Gasteiger partial charge in [0.1, 0.15) is 6.10 Å². The third-order valence-electron chi connectivity index (χ3n) is 6.03. The summed E-state index contributed by atoms with van der Waals surface area (Å²) >= 11 is 0. The van der Waals surface area contributed by atoms with Gasteiger partial charge in [-0.1, -0.05) is 12.1 Å². The van der Waals surface area contributed by atoms with Gasteiger partial charge in [0, 0.05) is 43.1 Å². The Kier molecular flexibility index (Phi) is 7.46. The molecule has 3 aromatic rings. The van der Waals surface area contributed by atoms with Crippen LogP contribution < -0.4 is 10.2 Å². The summed E-state index contributed by atoms with van der Waals surface area (Å²) in [6.07, 6.45) is -5.53. The number of fused-ring (bicyclic) bond motifs is 1. The summed E-state index contributed by atoms with van der Waals surface area (Å²) < 4.78 is 39.3. The smallest absolute Gasteiger partial charge is 0.393 e. The number of carbonyl (C=O) groups excluding carboxylic acids is 1. The third kappa shape index (κ3) is 5.44. The number of aliphatic hydroxyl groups excluding tert-OH is 2. The van der Waals surface area contributed by atoms with Crippen LogP contribution >= 0.6 is 0 Å². The van der Waals surface area contributed by atoms with E-state index in [2.05, 4.69) is 10.3 Å². The second kappa shape index (κ2) is 10.5. The van der Waals surface area contributed by atoms with Crippen LogP contribution in [0.5, 0.6) is 0 Å². The molecule has 1 atom stereocenters. The summed E-state index contributed by atoms with van der Waals surface area (Å²) in [6, 6.07) is 15.5. The Morgan fingerprint density at radius 3 is 2.53 bits per heavy atom. The van der Waals surface area contributed by atoms with Gasteiger partial charge in [-0.05, 0) is 61.0 Å². The molecule has 3 N–H and O–H groups in total. The lowest BCUT2D eigenvalue weighted by atomic mass is 10.0. The van der Waals surface area contributed by atoms with Crippen molar-refractivity contribution < 1.29 is 28.2 Å². The number of rotatable bonds is 5. The largest absolute Gasteiger partial charge is 0.416 e. The molecule has 0 fully saturated rings. The summed E-state index contributed by atoms with van der Waals surface area (Å²) in [5.41, 5.74) is 3.09. The van der Waals surface area contributed by atoms with E-state index in [0.717, 1.165) is 28.9 Å². The van der Waals surface area contributed by atoms with Crippen LogP contribution in [0.15, 0.2) is 60.7 Å². The van der Waals surface area contributed by atoms with Gasteiger partial charge in [0.15, 0.2) is 0 Å². The van der Waals surface area contributed by atoms with E-state index < -0.39 is 24.5 Å². The monoisotopic (exact) mass is 500 g/mol. The van der Waals surface area contributed by atoms with E-state index in [0.29, 0.717) is 43.3 Å². The molecule has 0 spiro atoms. The maximum atomic E-state index is 13.1. The van der Waals surface area contributed by atoms with Gasteiger partial charge in [0.25, 0.3) is 0 Å². The fourth-order valence-corrected chi connectivity index (χ4v) is 4.19. The highest BCUT2D eigenvalue weighted by molar-refractivity contribution is 5.77. The minimum Gasteiger partial charge on any atom is -0.393 e. The number of amides is 2. The number of aromatic nitrogens is 1. The number of benzene rings is 2. The normalized spacial score (nSPS) is 14.7. The summed E-state index contributed by atoms with van der Waals surface area (Å²) in [7, 11) is 0. The molecule has 4 rings (SSSR count). The van der Waals surface area contributed by atoms with Gasteiger partial charge >= 0.3 is 12.2 Å². The molecule has 36 heavy (non-hydrogen) atoms. The average molecular weight is 501 g/mol. The molecular weight excluding hydrogens is 473 g/mol. The van der Waals surface area contributed by atoms with Crippen molar-refractivity contribution in [2.75, 3.05) is 31.1 Å². The van der Waals surface area contributed by atoms with E-state index in [1.54, 1.807) is 23.1 Å². The van der Waals surface area contributed by atoms with Gasteiger partial charge < -0.3 is 25.3 Å². The average Bonchev–Trinajstić information content (AvgIpc) is 3.07. The fourth-order valence-electron chi connectivity index (χ4n) is 4.19. The number of halogens is 3. The number of carbonyl (C=O) groups is 1. The van der Waals surface area contributed by atoms with Gasteiger partial charge in [-0.3, -0.25) is 0 Å². The van der Waals surface area contributed by atoms with Gasteiger partial charge in [-0.2, -0.15) is 13.2 Å². The third-order valence-corrected chi connectivity index (χ3v) is 6.03. The second-order valence-corrected chi connectivity index (χ2v) is 8.44. The molecule has 2 amide bonds. The van der Waals surface area contributed by atoms with E-state index >= 15 is 0 Å². The highest BCUT2D eigenvalue weighted by Crippen LogP contribution is 2.36. The lowest BCUT2D eigenvalue weighted by Gasteiger charge is -2.25. The van der Waals surface area contributed by atoms with Crippen LogP contribution in [0.4, 0.5) is 29.3 Å². The predicted molar refractivity (Wildman–Crippen MR) is 130 cm³/mol. The van der Waals surface area contributed by atoms with Gasteiger partial charge in [-0.15, -0.1) is 0 Å².